The molecule has 1 saturated carbocycles. The molecule has 7 rings (SSSR count). The van der Waals surface area contributed by atoms with Crippen LogP contribution in [0, 0.1) is 17.8 Å². The molecule has 5 fully saturated rings. The van der Waals surface area contributed by atoms with Crippen molar-refractivity contribution in [3.8, 4) is 0 Å². The zero-order valence-corrected chi connectivity index (χ0v) is 18.3. The Morgan fingerprint density at radius 1 is 1.34 bits per heavy atom. The SMILES string of the molecule is CC[C@H]1[C@@H]2C[C@H]3[C@@H]4N(C)c5ccccc5[C@]45C[C@@H]([C@H]2C5OC(=O)CCl)N3[C@@H]1O.Cl. The quantitative estimate of drug-likeness (QED) is 0.580. The van der Waals surface area contributed by atoms with Gasteiger partial charge in [-0.1, -0.05) is 25.1 Å². The van der Waals surface area contributed by atoms with Crippen molar-refractivity contribution in [1.29, 1.82) is 0 Å². The highest BCUT2D eigenvalue weighted by molar-refractivity contribution is 6.26. The number of alkyl halides is 1. The van der Waals surface area contributed by atoms with E-state index in [4.69, 9.17) is 16.3 Å². The van der Waals surface area contributed by atoms with Crippen molar-refractivity contribution in [2.75, 3.05) is 17.8 Å². The first-order valence-corrected chi connectivity index (χ1v) is 11.1. The molecule has 5 aliphatic heterocycles. The molecule has 0 amide bonds. The molecule has 5 bridgehead atoms. The fourth-order valence-electron chi connectivity index (χ4n) is 8.20. The predicted molar refractivity (Wildman–Crippen MR) is 114 cm³/mol. The number of likely N-dealkylation sites (N-methyl/N-ethyl adjacent to an activating group) is 1. The minimum atomic E-state index is -0.382. The predicted octanol–water partition coefficient (Wildman–Crippen LogP) is 2.77. The molecule has 5 heterocycles. The molecule has 6 aliphatic rings. The number of carbonyl (C=O) groups is 1. The van der Waals surface area contributed by atoms with Crippen molar-refractivity contribution in [3.05, 3.63) is 29.8 Å². The second-order valence-corrected chi connectivity index (χ2v) is 9.67. The Labute approximate surface area is 182 Å². The number of halogens is 2. The zero-order valence-electron chi connectivity index (χ0n) is 16.7. The maximum Gasteiger partial charge on any atom is 0.321 e. The summed E-state index contributed by atoms with van der Waals surface area (Å²) in [5.74, 6) is 0.510. The number of para-hydroxylation sites is 1. The summed E-state index contributed by atoms with van der Waals surface area (Å²) >= 11 is 5.87. The maximum absolute atomic E-state index is 12.4. The third kappa shape index (κ3) is 2.13. The summed E-state index contributed by atoms with van der Waals surface area (Å²) < 4.78 is 6.19. The highest BCUT2D eigenvalue weighted by Gasteiger charge is 2.77. The largest absolute Gasteiger partial charge is 0.460 e. The lowest BCUT2D eigenvalue weighted by Crippen LogP contribution is -2.72. The van der Waals surface area contributed by atoms with Crippen LogP contribution in [0.5, 0.6) is 0 Å². The fraction of sp³-hybridized carbons (Fsp3) is 0.682. The van der Waals surface area contributed by atoms with E-state index in [1.165, 1.54) is 11.3 Å². The molecule has 1 aliphatic carbocycles. The number of benzene rings is 1. The van der Waals surface area contributed by atoms with Crippen molar-refractivity contribution < 1.29 is 14.6 Å². The molecule has 5 nitrogen and oxygen atoms in total. The summed E-state index contributed by atoms with van der Waals surface area (Å²) in [6.07, 6.45) is 2.44. The molecule has 0 radical (unpaired) electrons. The van der Waals surface area contributed by atoms with Crippen molar-refractivity contribution in [2.45, 2.75) is 62.1 Å². The minimum Gasteiger partial charge on any atom is -0.460 e. The number of piperidine rings is 4. The zero-order chi connectivity index (χ0) is 19.4. The van der Waals surface area contributed by atoms with Gasteiger partial charge in [-0.05, 0) is 36.8 Å². The number of hydrogen-bond donors (Lipinski definition) is 1. The molecule has 10 atom stereocenters. The highest BCUT2D eigenvalue weighted by Crippen LogP contribution is 2.69. The van der Waals surface area contributed by atoms with Crippen LogP contribution in [0.25, 0.3) is 0 Å². The Hall–Kier alpha value is -1.01. The van der Waals surface area contributed by atoms with E-state index in [0.717, 1.165) is 19.3 Å². The first kappa shape index (κ1) is 19.9. The first-order valence-electron chi connectivity index (χ1n) is 10.6. The minimum absolute atomic E-state index is 0. The van der Waals surface area contributed by atoms with Gasteiger partial charge in [0.1, 0.15) is 18.2 Å². The standard InChI is InChI=1S/C22H27ClN2O3.ClH/c1-3-11-12-8-15-19-22(13-6-4-5-7-14(13)24(19)2)9-16(25(15)21(11)27)18(12)20(22)28-17(26)10-23;/h4-7,11-12,15-16,18-21,27H,3,8-10H2,1-2H3;1H/t11-,12-,15-,16-,18-,19-,20?,21+,22+;/m0./s1. The third-order valence-electron chi connectivity index (χ3n) is 8.79. The van der Waals surface area contributed by atoms with E-state index >= 15 is 0 Å². The normalized spacial score (nSPS) is 47.6. The topological polar surface area (TPSA) is 53.0 Å². The molecule has 2 unspecified atom stereocenters. The van der Waals surface area contributed by atoms with Crippen LogP contribution < -0.4 is 4.90 Å². The summed E-state index contributed by atoms with van der Waals surface area (Å²) in [5, 5.41) is 11.2. The Morgan fingerprint density at radius 2 is 2.10 bits per heavy atom. The van der Waals surface area contributed by atoms with Crippen LogP contribution in [0.4, 0.5) is 5.69 Å². The molecular formula is C22H28Cl2N2O3. The van der Waals surface area contributed by atoms with Crippen LogP contribution in [0.1, 0.15) is 31.7 Å². The van der Waals surface area contributed by atoms with Crippen LogP contribution in [0.3, 0.4) is 0 Å². The number of aliphatic hydroxyl groups is 1. The number of hydrogen-bond acceptors (Lipinski definition) is 5. The average Bonchev–Trinajstić information content (AvgIpc) is 3.10. The van der Waals surface area contributed by atoms with Gasteiger partial charge in [0, 0.05) is 36.7 Å². The van der Waals surface area contributed by atoms with Crippen molar-refractivity contribution in [3.63, 3.8) is 0 Å². The van der Waals surface area contributed by atoms with Gasteiger partial charge in [-0.2, -0.15) is 0 Å². The maximum atomic E-state index is 12.4. The lowest BCUT2D eigenvalue weighted by molar-refractivity contribution is -0.212. The molecule has 158 valence electrons. The average molecular weight is 439 g/mol. The van der Waals surface area contributed by atoms with E-state index in [1.807, 2.05) is 0 Å². The van der Waals surface area contributed by atoms with Crippen LogP contribution in [-0.2, 0) is 14.9 Å². The van der Waals surface area contributed by atoms with Gasteiger partial charge in [-0.25, -0.2) is 0 Å². The lowest BCUT2D eigenvalue weighted by atomic mass is 9.62. The molecule has 29 heavy (non-hydrogen) atoms. The summed E-state index contributed by atoms with van der Waals surface area (Å²) in [4.78, 5) is 17.2. The molecule has 1 aromatic carbocycles. The van der Waals surface area contributed by atoms with Crippen LogP contribution in [0.15, 0.2) is 24.3 Å². The van der Waals surface area contributed by atoms with Crippen molar-refractivity contribution >= 4 is 35.7 Å². The van der Waals surface area contributed by atoms with E-state index in [9.17, 15) is 9.90 Å². The summed E-state index contributed by atoms with van der Waals surface area (Å²) in [6, 6.07) is 9.40. The molecule has 4 saturated heterocycles. The number of anilines is 1. The molecule has 7 heteroatoms. The van der Waals surface area contributed by atoms with Gasteiger partial charge in [-0.15, -0.1) is 24.0 Å². The summed E-state index contributed by atoms with van der Waals surface area (Å²) in [6.45, 7) is 2.17. The molecule has 1 N–H and O–H groups in total. The van der Waals surface area contributed by atoms with E-state index in [-0.39, 0.29) is 65.9 Å². The van der Waals surface area contributed by atoms with Gasteiger partial charge < -0.3 is 14.7 Å². The van der Waals surface area contributed by atoms with Gasteiger partial charge in [0.05, 0.1) is 11.5 Å². The van der Waals surface area contributed by atoms with Gasteiger partial charge >= 0.3 is 5.97 Å². The molecule has 1 spiro atoms. The number of nitrogens with zero attached hydrogens (tertiary/aromatic N) is 2. The first-order chi connectivity index (χ1) is 13.5. The Balaban J connectivity index is 0.00000181. The van der Waals surface area contributed by atoms with Crippen LogP contribution >= 0.6 is 24.0 Å². The monoisotopic (exact) mass is 438 g/mol. The van der Waals surface area contributed by atoms with Gasteiger partial charge in [-0.3, -0.25) is 9.69 Å². The van der Waals surface area contributed by atoms with E-state index in [2.05, 4.69) is 48.0 Å². The number of ether oxygens (including phenoxy) is 1. The number of fused-ring (bicyclic) bond motifs is 2. The Kier molecular flexibility index (Phi) is 4.46. The third-order valence-corrected chi connectivity index (χ3v) is 9.01. The van der Waals surface area contributed by atoms with Crippen LogP contribution in [0.2, 0.25) is 0 Å². The second kappa shape index (κ2) is 6.49. The number of carbonyl (C=O) groups excluding carboxylic acids is 1. The number of aliphatic hydroxyl groups excluding tert-OH is 1. The molecular weight excluding hydrogens is 411 g/mol. The molecule has 0 aromatic heterocycles. The van der Waals surface area contributed by atoms with Gasteiger partial charge in [0.15, 0.2) is 0 Å². The highest BCUT2D eigenvalue weighted by atomic mass is 35.5. The van der Waals surface area contributed by atoms with Crippen LogP contribution in [-0.4, -0.2) is 59.4 Å². The number of esters is 1. The van der Waals surface area contributed by atoms with E-state index in [0.29, 0.717) is 12.0 Å². The summed E-state index contributed by atoms with van der Waals surface area (Å²) in [5.41, 5.74) is 2.36. The fourth-order valence-corrected chi connectivity index (χ4v) is 8.26. The molecule has 1 aromatic rings. The number of rotatable bonds is 3. The van der Waals surface area contributed by atoms with E-state index in [1.54, 1.807) is 0 Å². The second-order valence-electron chi connectivity index (χ2n) is 9.41. The summed E-state index contributed by atoms with van der Waals surface area (Å²) in [7, 11) is 2.17. The van der Waals surface area contributed by atoms with Crippen molar-refractivity contribution in [2.24, 2.45) is 17.8 Å². The lowest BCUT2D eigenvalue weighted by Gasteiger charge is -2.62. The Morgan fingerprint density at radius 3 is 2.83 bits per heavy atom. The van der Waals surface area contributed by atoms with Gasteiger partial charge in [0.25, 0.3) is 0 Å². The van der Waals surface area contributed by atoms with E-state index < -0.39 is 0 Å². The Bertz CT molecular complexity index is 853. The van der Waals surface area contributed by atoms with Gasteiger partial charge in [0.2, 0.25) is 0 Å². The van der Waals surface area contributed by atoms with Crippen molar-refractivity contribution in [1.82, 2.24) is 4.90 Å². The smallest absolute Gasteiger partial charge is 0.321 e.